The summed E-state index contributed by atoms with van der Waals surface area (Å²) in [6, 6.07) is 1.73. The van der Waals surface area contributed by atoms with Gasteiger partial charge >= 0.3 is 0 Å². The van der Waals surface area contributed by atoms with Crippen LogP contribution < -0.4 is 9.64 Å². The Morgan fingerprint density at radius 3 is 2.91 bits per heavy atom. The molecule has 120 valence electrons. The maximum atomic E-state index is 12.3. The molecule has 1 unspecified atom stereocenters. The second-order valence-electron chi connectivity index (χ2n) is 5.61. The van der Waals surface area contributed by atoms with Gasteiger partial charge < -0.3 is 19.3 Å². The number of rotatable bonds is 4. The molecule has 2 saturated heterocycles. The normalized spacial score (nSPS) is 22.0. The highest BCUT2D eigenvalue weighted by atomic mass is 16.5. The Labute approximate surface area is 130 Å². The van der Waals surface area contributed by atoms with E-state index in [1.807, 2.05) is 4.90 Å². The average molecular weight is 306 g/mol. The summed E-state index contributed by atoms with van der Waals surface area (Å²) in [5.41, 5.74) is 0. The molecule has 22 heavy (non-hydrogen) atoms. The molecule has 0 saturated carbocycles. The van der Waals surface area contributed by atoms with Crippen molar-refractivity contribution in [3.8, 4) is 5.88 Å². The van der Waals surface area contributed by atoms with Crippen molar-refractivity contribution in [3.63, 3.8) is 0 Å². The lowest BCUT2D eigenvalue weighted by Gasteiger charge is -2.35. The molecule has 0 bridgehead atoms. The van der Waals surface area contributed by atoms with Crippen LogP contribution in [0.3, 0.4) is 0 Å². The molecule has 0 aliphatic carbocycles. The van der Waals surface area contributed by atoms with Crippen LogP contribution in [0.5, 0.6) is 5.88 Å². The molecule has 1 amide bonds. The Hall–Kier alpha value is -1.89. The number of piperazine rings is 1. The van der Waals surface area contributed by atoms with E-state index in [1.165, 1.54) is 0 Å². The van der Waals surface area contributed by atoms with E-state index in [0.717, 1.165) is 32.5 Å². The van der Waals surface area contributed by atoms with Gasteiger partial charge in [-0.2, -0.15) is 4.98 Å². The van der Waals surface area contributed by atoms with Crippen molar-refractivity contribution in [3.05, 3.63) is 12.3 Å². The van der Waals surface area contributed by atoms with Crippen LogP contribution in [0.15, 0.2) is 12.3 Å². The molecule has 3 heterocycles. The minimum Gasteiger partial charge on any atom is -0.481 e. The van der Waals surface area contributed by atoms with E-state index < -0.39 is 0 Å². The largest absolute Gasteiger partial charge is 0.481 e. The van der Waals surface area contributed by atoms with Gasteiger partial charge in [0.2, 0.25) is 17.7 Å². The Balaban J connectivity index is 1.52. The van der Waals surface area contributed by atoms with E-state index in [9.17, 15) is 4.79 Å². The Morgan fingerprint density at radius 2 is 2.23 bits per heavy atom. The lowest BCUT2D eigenvalue weighted by Crippen LogP contribution is -2.49. The van der Waals surface area contributed by atoms with E-state index in [-0.39, 0.29) is 12.0 Å². The molecule has 2 aliphatic heterocycles. The van der Waals surface area contributed by atoms with Crippen LogP contribution in [0, 0.1) is 0 Å². The number of ether oxygens (including phenoxy) is 2. The van der Waals surface area contributed by atoms with Crippen molar-refractivity contribution in [2.75, 3.05) is 44.8 Å². The first-order valence-electron chi connectivity index (χ1n) is 7.77. The first-order valence-corrected chi connectivity index (χ1v) is 7.77. The predicted octanol–water partition coefficient (Wildman–Crippen LogP) is 0.703. The highest BCUT2D eigenvalue weighted by molar-refractivity contribution is 5.77. The van der Waals surface area contributed by atoms with E-state index in [2.05, 4.69) is 14.9 Å². The van der Waals surface area contributed by atoms with Crippen molar-refractivity contribution in [2.45, 2.75) is 25.4 Å². The predicted molar refractivity (Wildman–Crippen MR) is 81.0 cm³/mol. The maximum Gasteiger partial charge on any atom is 0.228 e. The molecule has 7 heteroatoms. The van der Waals surface area contributed by atoms with Gasteiger partial charge in [0.15, 0.2) is 0 Å². The van der Waals surface area contributed by atoms with Crippen molar-refractivity contribution < 1.29 is 14.3 Å². The van der Waals surface area contributed by atoms with Crippen molar-refractivity contribution >= 4 is 11.9 Å². The third-order valence-electron chi connectivity index (χ3n) is 4.17. The van der Waals surface area contributed by atoms with Gasteiger partial charge in [-0.15, -0.1) is 0 Å². The van der Waals surface area contributed by atoms with Gasteiger partial charge in [-0.3, -0.25) is 4.79 Å². The summed E-state index contributed by atoms with van der Waals surface area (Å²) in [5, 5.41) is 0. The zero-order chi connectivity index (χ0) is 15.4. The molecule has 2 aliphatic rings. The Kier molecular flexibility index (Phi) is 4.72. The second kappa shape index (κ2) is 6.91. The number of hydrogen-bond acceptors (Lipinski definition) is 6. The summed E-state index contributed by atoms with van der Waals surface area (Å²) < 4.78 is 10.7. The number of aromatic nitrogens is 2. The molecule has 0 aromatic carbocycles. The van der Waals surface area contributed by atoms with Crippen LogP contribution in [0.4, 0.5) is 5.95 Å². The molecule has 0 radical (unpaired) electrons. The van der Waals surface area contributed by atoms with Gasteiger partial charge in [-0.1, -0.05) is 0 Å². The Bertz CT molecular complexity index is 511. The van der Waals surface area contributed by atoms with Crippen molar-refractivity contribution in [1.82, 2.24) is 14.9 Å². The van der Waals surface area contributed by atoms with Gasteiger partial charge in [-0.25, -0.2) is 4.98 Å². The number of carbonyl (C=O) groups excluding carboxylic acids is 1. The first-order chi connectivity index (χ1) is 10.8. The summed E-state index contributed by atoms with van der Waals surface area (Å²) >= 11 is 0. The van der Waals surface area contributed by atoms with E-state index in [0.29, 0.717) is 31.3 Å². The van der Waals surface area contributed by atoms with Gasteiger partial charge in [0.1, 0.15) is 0 Å². The number of amides is 1. The summed E-state index contributed by atoms with van der Waals surface area (Å²) in [4.78, 5) is 24.9. The second-order valence-corrected chi connectivity index (χ2v) is 5.61. The Morgan fingerprint density at radius 1 is 1.41 bits per heavy atom. The standard InChI is InChI=1S/C15H22N4O3/c1-21-13-4-5-16-15(17-13)19-8-6-18(7-9-19)14(20)11-12-3-2-10-22-12/h4-5,12H,2-3,6-11H2,1H3. The third kappa shape index (κ3) is 3.47. The molecule has 1 aromatic heterocycles. The lowest BCUT2D eigenvalue weighted by atomic mass is 10.1. The fraction of sp³-hybridized carbons (Fsp3) is 0.667. The van der Waals surface area contributed by atoms with Gasteiger partial charge in [0.25, 0.3) is 0 Å². The highest BCUT2D eigenvalue weighted by Gasteiger charge is 2.26. The van der Waals surface area contributed by atoms with Crippen LogP contribution in [-0.4, -0.2) is 66.8 Å². The third-order valence-corrected chi connectivity index (χ3v) is 4.17. The molecule has 3 rings (SSSR count). The summed E-state index contributed by atoms with van der Waals surface area (Å²) in [5.74, 6) is 1.41. The first kappa shape index (κ1) is 15.0. The van der Waals surface area contributed by atoms with Crippen LogP contribution in [0.1, 0.15) is 19.3 Å². The molecule has 0 spiro atoms. The topological polar surface area (TPSA) is 67.8 Å². The molecule has 2 fully saturated rings. The van der Waals surface area contributed by atoms with Crippen LogP contribution >= 0.6 is 0 Å². The minimum absolute atomic E-state index is 0.118. The summed E-state index contributed by atoms with van der Waals surface area (Å²) in [7, 11) is 1.59. The zero-order valence-electron chi connectivity index (χ0n) is 12.9. The maximum absolute atomic E-state index is 12.3. The van der Waals surface area contributed by atoms with Crippen molar-refractivity contribution in [1.29, 1.82) is 0 Å². The number of nitrogens with zero attached hydrogens (tertiary/aromatic N) is 4. The quantitative estimate of drug-likeness (QED) is 0.816. The SMILES string of the molecule is COc1ccnc(N2CCN(C(=O)CC3CCCO3)CC2)n1. The summed E-state index contributed by atoms with van der Waals surface area (Å²) in [6.45, 7) is 3.67. The number of carbonyl (C=O) groups is 1. The monoisotopic (exact) mass is 306 g/mol. The molecular weight excluding hydrogens is 284 g/mol. The molecule has 1 aromatic rings. The fourth-order valence-electron chi connectivity index (χ4n) is 2.88. The van der Waals surface area contributed by atoms with Crippen molar-refractivity contribution in [2.24, 2.45) is 0 Å². The highest BCUT2D eigenvalue weighted by Crippen LogP contribution is 2.18. The van der Waals surface area contributed by atoms with Gasteiger partial charge in [-0.05, 0) is 12.8 Å². The van der Waals surface area contributed by atoms with Gasteiger partial charge in [0.05, 0.1) is 19.6 Å². The molecule has 7 nitrogen and oxygen atoms in total. The summed E-state index contributed by atoms with van der Waals surface area (Å²) in [6.07, 6.45) is 4.39. The lowest BCUT2D eigenvalue weighted by molar-refractivity contribution is -0.133. The fourth-order valence-corrected chi connectivity index (χ4v) is 2.88. The minimum atomic E-state index is 0.118. The van der Waals surface area contributed by atoms with Crippen LogP contribution in [0.25, 0.3) is 0 Å². The van der Waals surface area contributed by atoms with E-state index in [1.54, 1.807) is 19.4 Å². The molecule has 1 atom stereocenters. The smallest absolute Gasteiger partial charge is 0.228 e. The number of methoxy groups -OCH3 is 1. The zero-order valence-corrected chi connectivity index (χ0v) is 12.9. The average Bonchev–Trinajstić information content (AvgIpc) is 3.08. The number of hydrogen-bond donors (Lipinski definition) is 0. The molecular formula is C15H22N4O3. The van der Waals surface area contributed by atoms with E-state index >= 15 is 0 Å². The number of anilines is 1. The molecule has 0 N–H and O–H groups in total. The van der Waals surface area contributed by atoms with Crippen LogP contribution in [-0.2, 0) is 9.53 Å². The van der Waals surface area contributed by atoms with Gasteiger partial charge in [0, 0.05) is 45.0 Å². The van der Waals surface area contributed by atoms with Crippen LogP contribution in [0.2, 0.25) is 0 Å². The van der Waals surface area contributed by atoms with E-state index in [4.69, 9.17) is 9.47 Å².